The van der Waals surface area contributed by atoms with E-state index in [0.29, 0.717) is 30.0 Å². The van der Waals surface area contributed by atoms with E-state index < -0.39 is 12.0 Å². The quantitative estimate of drug-likeness (QED) is 0.886. The predicted molar refractivity (Wildman–Crippen MR) is 85.1 cm³/mol. The molecule has 1 aromatic heterocycles. The van der Waals surface area contributed by atoms with Crippen LogP contribution in [0.15, 0.2) is 12.1 Å². The number of halogens is 3. The Bertz CT molecular complexity index is 762. The molecular formula is C16H18F3N3O3. The first-order valence-corrected chi connectivity index (χ1v) is 7.79. The van der Waals surface area contributed by atoms with Gasteiger partial charge in [0, 0.05) is 24.6 Å². The molecule has 0 radical (unpaired) electrons. The molecule has 6 nitrogen and oxygen atoms in total. The molecule has 1 fully saturated rings. The molecule has 1 aromatic carbocycles. The zero-order chi connectivity index (χ0) is 18.0. The van der Waals surface area contributed by atoms with Gasteiger partial charge in [-0.05, 0) is 18.9 Å². The van der Waals surface area contributed by atoms with Crippen LogP contribution < -0.4 is 14.8 Å². The van der Waals surface area contributed by atoms with Gasteiger partial charge in [0.1, 0.15) is 5.82 Å². The summed E-state index contributed by atoms with van der Waals surface area (Å²) in [4.78, 5) is 7.29. The highest BCUT2D eigenvalue weighted by molar-refractivity contribution is 5.91. The van der Waals surface area contributed by atoms with Crippen LogP contribution in [0, 0.1) is 0 Å². The Morgan fingerprint density at radius 1 is 1.20 bits per heavy atom. The molecule has 0 amide bonds. The molecule has 1 aliphatic heterocycles. The molecule has 136 valence electrons. The summed E-state index contributed by atoms with van der Waals surface area (Å²) in [5.74, 6) is -0.429. The highest BCUT2D eigenvalue weighted by Crippen LogP contribution is 2.36. The maximum absolute atomic E-state index is 13.1. The van der Waals surface area contributed by atoms with Crippen molar-refractivity contribution in [1.29, 1.82) is 0 Å². The maximum Gasteiger partial charge on any atom is 0.451 e. The van der Waals surface area contributed by atoms with Gasteiger partial charge in [0.2, 0.25) is 5.82 Å². The van der Waals surface area contributed by atoms with Crippen molar-refractivity contribution in [2.75, 3.05) is 32.7 Å². The molecule has 1 saturated heterocycles. The third kappa shape index (κ3) is 3.71. The second kappa shape index (κ2) is 6.91. The predicted octanol–water partition coefficient (Wildman–Crippen LogP) is 3.26. The summed E-state index contributed by atoms with van der Waals surface area (Å²) in [6.07, 6.45) is -2.89. The molecule has 25 heavy (non-hydrogen) atoms. The summed E-state index contributed by atoms with van der Waals surface area (Å²) >= 11 is 0. The van der Waals surface area contributed by atoms with Gasteiger partial charge in [-0.25, -0.2) is 9.97 Å². The van der Waals surface area contributed by atoms with E-state index in [2.05, 4.69) is 15.3 Å². The van der Waals surface area contributed by atoms with Crippen molar-refractivity contribution >= 4 is 16.7 Å². The van der Waals surface area contributed by atoms with Crippen molar-refractivity contribution in [3.05, 3.63) is 18.0 Å². The van der Waals surface area contributed by atoms with Gasteiger partial charge in [0.05, 0.1) is 25.8 Å². The van der Waals surface area contributed by atoms with Crippen LogP contribution in [0.3, 0.4) is 0 Å². The number of benzene rings is 1. The van der Waals surface area contributed by atoms with Crippen LogP contribution in [-0.4, -0.2) is 43.4 Å². The first-order chi connectivity index (χ1) is 11.9. The van der Waals surface area contributed by atoms with Gasteiger partial charge in [-0.1, -0.05) is 0 Å². The third-order valence-electron chi connectivity index (χ3n) is 3.98. The second-order valence-corrected chi connectivity index (χ2v) is 5.63. The molecule has 1 aliphatic rings. The average molecular weight is 357 g/mol. The molecule has 2 aromatic rings. The lowest BCUT2D eigenvalue weighted by Crippen LogP contribution is -2.20. The number of methoxy groups -OCH3 is 2. The van der Waals surface area contributed by atoms with E-state index in [1.54, 1.807) is 6.07 Å². The fraction of sp³-hybridized carbons (Fsp3) is 0.500. The minimum Gasteiger partial charge on any atom is -0.493 e. The Morgan fingerprint density at radius 2 is 1.92 bits per heavy atom. The summed E-state index contributed by atoms with van der Waals surface area (Å²) in [5.41, 5.74) is 0.120. The van der Waals surface area contributed by atoms with E-state index in [0.717, 1.165) is 12.8 Å². The first kappa shape index (κ1) is 17.5. The molecular weight excluding hydrogens is 339 g/mol. The molecule has 1 unspecified atom stereocenters. The number of fused-ring (bicyclic) bond motifs is 1. The van der Waals surface area contributed by atoms with Crippen LogP contribution in [0.5, 0.6) is 11.5 Å². The summed E-state index contributed by atoms with van der Waals surface area (Å²) in [5, 5.41) is 3.38. The van der Waals surface area contributed by atoms with Crippen LogP contribution in [0.1, 0.15) is 18.7 Å². The second-order valence-electron chi connectivity index (χ2n) is 5.63. The summed E-state index contributed by atoms with van der Waals surface area (Å²) in [6, 6.07) is 2.97. The minimum atomic E-state index is -4.65. The molecule has 1 atom stereocenters. The normalized spacial score (nSPS) is 17.7. The lowest BCUT2D eigenvalue weighted by atomic mass is 10.2. The monoisotopic (exact) mass is 357 g/mol. The fourth-order valence-corrected chi connectivity index (χ4v) is 2.73. The zero-order valence-electron chi connectivity index (χ0n) is 13.8. The van der Waals surface area contributed by atoms with Gasteiger partial charge in [-0.2, -0.15) is 13.2 Å². The lowest BCUT2D eigenvalue weighted by molar-refractivity contribution is -0.144. The van der Waals surface area contributed by atoms with Gasteiger partial charge in [-0.15, -0.1) is 0 Å². The molecule has 0 aliphatic carbocycles. The Morgan fingerprint density at radius 3 is 2.52 bits per heavy atom. The van der Waals surface area contributed by atoms with Crippen molar-refractivity contribution in [2.24, 2.45) is 0 Å². The Hall–Kier alpha value is -2.29. The number of alkyl halides is 3. The molecule has 2 heterocycles. The number of hydrogen-bond acceptors (Lipinski definition) is 6. The van der Waals surface area contributed by atoms with Crippen LogP contribution >= 0.6 is 0 Å². The van der Waals surface area contributed by atoms with Crippen LogP contribution in [-0.2, 0) is 10.9 Å². The molecule has 3 rings (SSSR count). The topological polar surface area (TPSA) is 65.5 Å². The zero-order valence-corrected chi connectivity index (χ0v) is 13.8. The first-order valence-electron chi connectivity index (χ1n) is 7.79. The maximum atomic E-state index is 13.1. The largest absolute Gasteiger partial charge is 0.493 e. The smallest absolute Gasteiger partial charge is 0.451 e. The third-order valence-corrected chi connectivity index (χ3v) is 3.98. The Kier molecular flexibility index (Phi) is 4.85. The Balaban J connectivity index is 2.06. The van der Waals surface area contributed by atoms with Crippen molar-refractivity contribution in [1.82, 2.24) is 9.97 Å². The van der Waals surface area contributed by atoms with E-state index in [4.69, 9.17) is 14.2 Å². The number of ether oxygens (including phenoxy) is 3. The van der Waals surface area contributed by atoms with Crippen molar-refractivity contribution < 1.29 is 27.4 Å². The number of nitrogens with zero attached hydrogens (tertiary/aromatic N) is 2. The highest BCUT2D eigenvalue weighted by atomic mass is 19.4. The van der Waals surface area contributed by atoms with Gasteiger partial charge in [0.15, 0.2) is 11.5 Å². The SMILES string of the molecule is COc1cc2nc(C(F)(F)F)nc(NCC3CCCO3)c2cc1OC. The summed E-state index contributed by atoms with van der Waals surface area (Å²) < 4.78 is 55.3. The van der Waals surface area contributed by atoms with Crippen molar-refractivity contribution in [3.63, 3.8) is 0 Å². The molecule has 0 saturated carbocycles. The minimum absolute atomic E-state index is 0.0421. The van der Waals surface area contributed by atoms with Crippen LogP contribution in [0.25, 0.3) is 10.9 Å². The average Bonchev–Trinajstić information content (AvgIpc) is 3.10. The molecule has 0 spiro atoms. The van der Waals surface area contributed by atoms with E-state index in [1.165, 1.54) is 20.3 Å². The molecule has 0 bridgehead atoms. The molecule has 9 heteroatoms. The van der Waals surface area contributed by atoms with Crippen molar-refractivity contribution in [3.8, 4) is 11.5 Å². The highest BCUT2D eigenvalue weighted by Gasteiger charge is 2.36. The van der Waals surface area contributed by atoms with E-state index >= 15 is 0 Å². The van der Waals surface area contributed by atoms with E-state index in [9.17, 15) is 13.2 Å². The van der Waals surface area contributed by atoms with Gasteiger partial charge >= 0.3 is 6.18 Å². The van der Waals surface area contributed by atoms with E-state index in [1.807, 2.05) is 0 Å². The standard InChI is InChI=1S/C16H18F3N3O3/c1-23-12-6-10-11(7-13(12)24-2)21-15(16(17,18)19)22-14(10)20-8-9-4-3-5-25-9/h6-7,9H,3-5,8H2,1-2H3,(H,20,21,22). The number of anilines is 1. The summed E-state index contributed by atoms with van der Waals surface area (Å²) in [6.45, 7) is 1.04. The van der Waals surface area contributed by atoms with Gasteiger partial charge in [0.25, 0.3) is 0 Å². The summed E-state index contributed by atoms with van der Waals surface area (Å²) in [7, 11) is 2.86. The van der Waals surface area contributed by atoms with Crippen LogP contribution in [0.2, 0.25) is 0 Å². The number of aromatic nitrogens is 2. The van der Waals surface area contributed by atoms with Gasteiger partial charge < -0.3 is 19.5 Å². The number of rotatable bonds is 5. The Labute approximate surface area is 142 Å². The van der Waals surface area contributed by atoms with Crippen molar-refractivity contribution in [2.45, 2.75) is 25.1 Å². The lowest BCUT2D eigenvalue weighted by Gasteiger charge is -2.16. The van der Waals surface area contributed by atoms with Gasteiger partial charge in [-0.3, -0.25) is 0 Å². The molecule has 1 N–H and O–H groups in total. The fourth-order valence-electron chi connectivity index (χ4n) is 2.73. The number of hydrogen-bond donors (Lipinski definition) is 1. The van der Waals surface area contributed by atoms with E-state index in [-0.39, 0.29) is 17.4 Å². The number of nitrogens with one attached hydrogen (secondary N) is 1. The van der Waals surface area contributed by atoms with Crippen LogP contribution in [0.4, 0.5) is 19.0 Å².